The van der Waals surface area contributed by atoms with Gasteiger partial charge in [-0.05, 0) is 51.2 Å². The Morgan fingerprint density at radius 2 is 2.11 bits per heavy atom. The second kappa shape index (κ2) is 4.40. The van der Waals surface area contributed by atoms with Crippen LogP contribution < -0.4 is 5.32 Å². The number of nitrogens with zero attached hydrogens (tertiary/aromatic N) is 1. The standard InChI is InChI=1S/C14H22N2O2S/c1-13(6-3-7-19-13)9-16-8-11(17)15-14(2,12(16)18)10-4-5-10/h10H,3-9H2,1-2H3,(H,15,17). The van der Waals surface area contributed by atoms with E-state index in [4.69, 9.17) is 0 Å². The van der Waals surface area contributed by atoms with Crippen molar-refractivity contribution < 1.29 is 9.59 Å². The summed E-state index contributed by atoms with van der Waals surface area (Å²) in [4.78, 5) is 26.4. The Morgan fingerprint density at radius 3 is 2.68 bits per heavy atom. The van der Waals surface area contributed by atoms with E-state index in [2.05, 4.69) is 12.2 Å². The number of hydrogen-bond donors (Lipinski definition) is 1. The van der Waals surface area contributed by atoms with E-state index in [9.17, 15) is 9.59 Å². The number of piperazine rings is 1. The number of thioether (sulfide) groups is 1. The highest BCUT2D eigenvalue weighted by Crippen LogP contribution is 2.43. The molecule has 1 aliphatic carbocycles. The van der Waals surface area contributed by atoms with Crippen LogP contribution in [0.1, 0.15) is 39.5 Å². The molecule has 2 heterocycles. The van der Waals surface area contributed by atoms with E-state index in [-0.39, 0.29) is 23.1 Å². The van der Waals surface area contributed by atoms with Crippen LogP contribution in [-0.4, -0.2) is 45.8 Å². The normalized spacial score (nSPS) is 39.6. The zero-order valence-corrected chi connectivity index (χ0v) is 12.5. The average molecular weight is 282 g/mol. The van der Waals surface area contributed by atoms with Gasteiger partial charge in [-0.15, -0.1) is 0 Å². The second-order valence-electron chi connectivity index (χ2n) is 6.59. The number of hydrogen-bond acceptors (Lipinski definition) is 3. The van der Waals surface area contributed by atoms with Crippen LogP contribution in [0.15, 0.2) is 0 Å². The molecule has 2 amide bonds. The summed E-state index contributed by atoms with van der Waals surface area (Å²) in [6.07, 6.45) is 4.48. The molecular weight excluding hydrogens is 260 g/mol. The molecule has 3 rings (SSSR count). The van der Waals surface area contributed by atoms with Crippen LogP contribution in [0.5, 0.6) is 0 Å². The van der Waals surface area contributed by atoms with Gasteiger partial charge in [-0.25, -0.2) is 0 Å². The number of carbonyl (C=O) groups excluding carboxylic acids is 2. The minimum absolute atomic E-state index is 0.000553. The molecule has 5 heteroatoms. The summed E-state index contributed by atoms with van der Waals surface area (Å²) in [5, 5.41) is 2.93. The maximum absolute atomic E-state index is 12.7. The van der Waals surface area contributed by atoms with Crippen LogP contribution in [-0.2, 0) is 9.59 Å². The van der Waals surface area contributed by atoms with Crippen molar-refractivity contribution in [3.8, 4) is 0 Å². The molecular formula is C14H22N2O2S. The quantitative estimate of drug-likeness (QED) is 0.851. The lowest BCUT2D eigenvalue weighted by atomic mass is 9.90. The summed E-state index contributed by atoms with van der Waals surface area (Å²) in [7, 11) is 0. The zero-order chi connectivity index (χ0) is 13.7. The first-order chi connectivity index (χ1) is 8.93. The molecule has 2 saturated heterocycles. The molecule has 2 atom stereocenters. The van der Waals surface area contributed by atoms with E-state index < -0.39 is 5.54 Å². The fourth-order valence-corrected chi connectivity index (χ4v) is 4.70. The lowest BCUT2D eigenvalue weighted by molar-refractivity contribution is -0.150. The molecule has 1 saturated carbocycles. The minimum atomic E-state index is -0.644. The summed E-state index contributed by atoms with van der Waals surface area (Å²) < 4.78 is 0.137. The van der Waals surface area contributed by atoms with Gasteiger partial charge in [0, 0.05) is 11.3 Å². The van der Waals surface area contributed by atoms with Gasteiger partial charge in [0.2, 0.25) is 11.8 Å². The monoisotopic (exact) mass is 282 g/mol. The van der Waals surface area contributed by atoms with E-state index in [1.54, 1.807) is 4.90 Å². The van der Waals surface area contributed by atoms with Gasteiger partial charge in [0.25, 0.3) is 0 Å². The minimum Gasteiger partial charge on any atom is -0.340 e. The highest BCUT2D eigenvalue weighted by atomic mass is 32.2. The van der Waals surface area contributed by atoms with Crippen LogP contribution in [0, 0.1) is 5.92 Å². The third-order valence-electron chi connectivity index (χ3n) is 4.68. The maximum Gasteiger partial charge on any atom is 0.248 e. The molecule has 0 spiro atoms. The third-order valence-corrected chi connectivity index (χ3v) is 6.21. The topological polar surface area (TPSA) is 49.4 Å². The fourth-order valence-electron chi connectivity index (χ4n) is 3.39. The highest BCUT2D eigenvalue weighted by Gasteiger charge is 2.53. The molecule has 106 valence electrons. The van der Waals surface area contributed by atoms with E-state index in [0.29, 0.717) is 12.5 Å². The first-order valence-electron chi connectivity index (χ1n) is 7.17. The first-order valence-corrected chi connectivity index (χ1v) is 8.16. The van der Waals surface area contributed by atoms with Gasteiger partial charge >= 0.3 is 0 Å². The van der Waals surface area contributed by atoms with Crippen molar-refractivity contribution >= 4 is 23.6 Å². The summed E-state index contributed by atoms with van der Waals surface area (Å²) in [6, 6.07) is 0. The Morgan fingerprint density at radius 1 is 1.37 bits per heavy atom. The summed E-state index contributed by atoms with van der Waals surface area (Å²) >= 11 is 1.94. The van der Waals surface area contributed by atoms with Crippen LogP contribution >= 0.6 is 11.8 Å². The van der Waals surface area contributed by atoms with Crippen molar-refractivity contribution in [3.05, 3.63) is 0 Å². The lowest BCUT2D eigenvalue weighted by Gasteiger charge is -2.42. The molecule has 0 aromatic carbocycles. The molecule has 1 N–H and O–H groups in total. The van der Waals surface area contributed by atoms with Crippen LogP contribution in [0.2, 0.25) is 0 Å². The Hall–Kier alpha value is -0.710. The van der Waals surface area contributed by atoms with Crippen molar-refractivity contribution in [2.75, 3.05) is 18.8 Å². The summed E-state index contributed by atoms with van der Waals surface area (Å²) in [6.45, 7) is 5.07. The first kappa shape index (κ1) is 13.3. The maximum atomic E-state index is 12.7. The molecule has 0 aromatic heterocycles. The second-order valence-corrected chi connectivity index (χ2v) is 8.27. The van der Waals surface area contributed by atoms with E-state index in [1.165, 1.54) is 12.2 Å². The van der Waals surface area contributed by atoms with Crippen molar-refractivity contribution in [2.45, 2.75) is 49.8 Å². The smallest absolute Gasteiger partial charge is 0.248 e. The van der Waals surface area contributed by atoms with E-state index in [1.807, 2.05) is 18.7 Å². The van der Waals surface area contributed by atoms with Crippen molar-refractivity contribution in [2.24, 2.45) is 5.92 Å². The fraction of sp³-hybridized carbons (Fsp3) is 0.857. The SMILES string of the molecule is CC1(CN2CC(=O)NC(C)(C3CC3)C2=O)CCCS1. The van der Waals surface area contributed by atoms with Crippen molar-refractivity contribution in [3.63, 3.8) is 0 Å². The highest BCUT2D eigenvalue weighted by molar-refractivity contribution is 8.00. The van der Waals surface area contributed by atoms with Gasteiger partial charge in [-0.3, -0.25) is 9.59 Å². The molecule has 0 aromatic rings. The third kappa shape index (κ3) is 2.37. The van der Waals surface area contributed by atoms with Gasteiger partial charge in [0.1, 0.15) is 5.54 Å². The largest absolute Gasteiger partial charge is 0.340 e. The molecule has 0 bridgehead atoms. The number of carbonyl (C=O) groups is 2. The molecule has 2 unspecified atom stereocenters. The van der Waals surface area contributed by atoms with E-state index in [0.717, 1.165) is 19.3 Å². The van der Waals surface area contributed by atoms with Gasteiger partial charge < -0.3 is 10.2 Å². The molecule has 0 radical (unpaired) electrons. The van der Waals surface area contributed by atoms with Gasteiger partial charge in [-0.1, -0.05) is 0 Å². The van der Waals surface area contributed by atoms with Crippen LogP contribution in [0.4, 0.5) is 0 Å². The Bertz CT molecular complexity index is 416. The molecule has 4 nitrogen and oxygen atoms in total. The van der Waals surface area contributed by atoms with Gasteiger partial charge in [0.15, 0.2) is 0 Å². The molecule has 2 aliphatic heterocycles. The average Bonchev–Trinajstić information content (AvgIpc) is 3.10. The van der Waals surface area contributed by atoms with E-state index >= 15 is 0 Å². The van der Waals surface area contributed by atoms with Crippen LogP contribution in [0.25, 0.3) is 0 Å². The Labute approximate surface area is 118 Å². The van der Waals surface area contributed by atoms with Gasteiger partial charge in [0.05, 0.1) is 6.54 Å². The predicted octanol–water partition coefficient (Wildman–Crippen LogP) is 1.40. The van der Waals surface area contributed by atoms with Crippen molar-refractivity contribution in [1.29, 1.82) is 0 Å². The molecule has 3 fully saturated rings. The number of amides is 2. The molecule has 3 aliphatic rings. The summed E-state index contributed by atoms with van der Waals surface area (Å²) in [5.74, 6) is 1.64. The number of rotatable bonds is 3. The lowest BCUT2D eigenvalue weighted by Crippen LogP contribution is -2.67. The molecule has 19 heavy (non-hydrogen) atoms. The summed E-state index contributed by atoms with van der Waals surface area (Å²) in [5.41, 5.74) is -0.644. The van der Waals surface area contributed by atoms with Crippen LogP contribution in [0.3, 0.4) is 0 Å². The van der Waals surface area contributed by atoms with Gasteiger partial charge in [-0.2, -0.15) is 11.8 Å². The zero-order valence-electron chi connectivity index (χ0n) is 11.7. The predicted molar refractivity (Wildman–Crippen MR) is 75.9 cm³/mol. The Balaban J connectivity index is 1.76. The van der Waals surface area contributed by atoms with Crippen molar-refractivity contribution in [1.82, 2.24) is 10.2 Å². The number of nitrogens with one attached hydrogen (secondary N) is 1. The Kier molecular flexibility index (Phi) is 3.08.